The molecule has 0 fully saturated rings. The van der Waals surface area contributed by atoms with Gasteiger partial charge in [0.1, 0.15) is 17.3 Å². The molecule has 3 nitrogen and oxygen atoms in total. The summed E-state index contributed by atoms with van der Waals surface area (Å²) in [6.45, 7) is 1.78. The minimum absolute atomic E-state index is 0.321. The summed E-state index contributed by atoms with van der Waals surface area (Å²) < 4.78 is 19.0. The van der Waals surface area contributed by atoms with E-state index in [1.807, 2.05) is 12.1 Å². The van der Waals surface area contributed by atoms with Crippen molar-refractivity contribution in [3.05, 3.63) is 59.4 Å². The Morgan fingerprint density at radius 3 is 2.55 bits per heavy atom. The molecule has 2 N–H and O–H groups in total. The van der Waals surface area contributed by atoms with Crippen molar-refractivity contribution < 1.29 is 9.13 Å². The minimum Gasteiger partial charge on any atom is -0.457 e. The maximum absolute atomic E-state index is 13.2. The van der Waals surface area contributed by atoms with Gasteiger partial charge in [0.2, 0.25) is 0 Å². The number of nitrogens with two attached hydrogens (primary N) is 1. The molecule has 0 saturated heterocycles. The zero-order valence-corrected chi connectivity index (χ0v) is 11.1. The number of halogens is 1. The zero-order valence-electron chi connectivity index (χ0n) is 11.1. The van der Waals surface area contributed by atoms with Gasteiger partial charge in [0, 0.05) is 11.6 Å². The van der Waals surface area contributed by atoms with Crippen molar-refractivity contribution in [3.63, 3.8) is 0 Å². The lowest BCUT2D eigenvalue weighted by Crippen LogP contribution is -2.07. The first-order valence-electron chi connectivity index (χ1n) is 6.29. The molecular formula is C16H15FN2O. The summed E-state index contributed by atoms with van der Waals surface area (Å²) in [5.41, 5.74) is 7.36. The number of hydrogen-bond donors (Lipinski definition) is 1. The molecule has 0 spiro atoms. The molecule has 0 saturated carbocycles. The highest BCUT2D eigenvalue weighted by Gasteiger charge is 2.10. The largest absolute Gasteiger partial charge is 0.457 e. The Kier molecular flexibility index (Phi) is 4.34. The van der Waals surface area contributed by atoms with E-state index in [1.165, 1.54) is 12.1 Å². The third-order valence-corrected chi connectivity index (χ3v) is 2.90. The fraction of sp³-hybridized carbons (Fsp3) is 0.188. The number of ether oxygens (including phenoxy) is 1. The van der Waals surface area contributed by atoms with Gasteiger partial charge in [-0.25, -0.2) is 4.39 Å². The Balaban J connectivity index is 2.23. The molecule has 0 amide bonds. The average molecular weight is 270 g/mol. The summed E-state index contributed by atoms with van der Waals surface area (Å²) in [6.07, 6.45) is 0.363. The molecule has 2 rings (SSSR count). The molecule has 0 aliphatic rings. The molecule has 0 radical (unpaired) electrons. The Bertz CT molecular complexity index is 630. The van der Waals surface area contributed by atoms with Crippen LogP contribution >= 0.6 is 0 Å². The average Bonchev–Trinajstić information content (AvgIpc) is 2.43. The van der Waals surface area contributed by atoms with Crippen LogP contribution < -0.4 is 10.5 Å². The van der Waals surface area contributed by atoms with Crippen molar-refractivity contribution in [1.82, 2.24) is 0 Å². The molecule has 4 heteroatoms. The topological polar surface area (TPSA) is 59.0 Å². The number of nitriles is 1. The van der Waals surface area contributed by atoms with Crippen LogP contribution in [0.3, 0.4) is 0 Å². The highest BCUT2D eigenvalue weighted by atomic mass is 19.1. The normalized spacial score (nSPS) is 11.7. The summed E-state index contributed by atoms with van der Waals surface area (Å²) in [4.78, 5) is 0. The number of hydrogen-bond acceptors (Lipinski definition) is 3. The van der Waals surface area contributed by atoms with E-state index in [1.54, 1.807) is 25.1 Å². The Morgan fingerprint density at radius 2 is 1.95 bits per heavy atom. The van der Waals surface area contributed by atoms with E-state index in [4.69, 9.17) is 15.7 Å². The van der Waals surface area contributed by atoms with Crippen molar-refractivity contribution in [2.75, 3.05) is 0 Å². The summed E-state index contributed by atoms with van der Waals surface area (Å²) in [5, 5.41) is 8.62. The first kappa shape index (κ1) is 14.0. The smallest absolute Gasteiger partial charge is 0.132 e. The molecule has 0 aromatic heterocycles. The number of rotatable bonds is 4. The molecule has 1 atom stereocenters. The van der Waals surface area contributed by atoms with Gasteiger partial charge in [0.25, 0.3) is 0 Å². The molecule has 0 aliphatic carbocycles. The number of benzene rings is 2. The summed E-state index contributed by atoms with van der Waals surface area (Å²) >= 11 is 0. The van der Waals surface area contributed by atoms with Crippen LogP contribution in [0.5, 0.6) is 11.5 Å². The van der Waals surface area contributed by atoms with Crippen LogP contribution in [-0.4, -0.2) is 0 Å². The summed E-state index contributed by atoms with van der Waals surface area (Å²) in [5.74, 6) is 0.823. The summed E-state index contributed by atoms with van der Waals surface area (Å²) in [6, 6.07) is 13.3. The second-order valence-electron chi connectivity index (χ2n) is 4.55. The van der Waals surface area contributed by atoms with Crippen molar-refractivity contribution in [3.8, 4) is 17.6 Å². The van der Waals surface area contributed by atoms with Gasteiger partial charge in [-0.2, -0.15) is 5.26 Å². The molecule has 0 heterocycles. The summed E-state index contributed by atoms with van der Waals surface area (Å²) in [7, 11) is 0. The van der Waals surface area contributed by atoms with Crippen LogP contribution in [0.1, 0.15) is 24.1 Å². The highest BCUT2D eigenvalue weighted by Crippen LogP contribution is 2.29. The predicted molar refractivity (Wildman–Crippen MR) is 74.8 cm³/mol. The van der Waals surface area contributed by atoms with E-state index in [-0.39, 0.29) is 11.9 Å². The van der Waals surface area contributed by atoms with Crippen LogP contribution in [0.4, 0.5) is 4.39 Å². The van der Waals surface area contributed by atoms with Gasteiger partial charge in [-0.1, -0.05) is 12.1 Å². The fourth-order valence-corrected chi connectivity index (χ4v) is 1.86. The SMILES string of the molecule is C[C@@H](N)c1cc(F)ccc1Oc1ccc(CC#N)cc1. The quantitative estimate of drug-likeness (QED) is 0.921. The fourth-order valence-electron chi connectivity index (χ4n) is 1.86. The van der Waals surface area contributed by atoms with E-state index >= 15 is 0 Å². The standard InChI is InChI=1S/C16H15FN2O/c1-11(19)15-10-13(17)4-7-16(15)20-14-5-2-12(3-6-14)8-9-18/h2-7,10-11H,8,19H2,1H3/t11-/m1/s1. The van der Waals surface area contributed by atoms with E-state index in [9.17, 15) is 4.39 Å². The first-order valence-corrected chi connectivity index (χ1v) is 6.29. The maximum Gasteiger partial charge on any atom is 0.132 e. The highest BCUT2D eigenvalue weighted by molar-refractivity contribution is 5.40. The van der Waals surface area contributed by atoms with Crippen LogP contribution in [0.15, 0.2) is 42.5 Å². The lowest BCUT2D eigenvalue weighted by molar-refractivity contribution is 0.469. The van der Waals surface area contributed by atoms with Crippen LogP contribution in [-0.2, 0) is 6.42 Å². The van der Waals surface area contributed by atoms with E-state index < -0.39 is 0 Å². The van der Waals surface area contributed by atoms with Crippen molar-refractivity contribution in [2.45, 2.75) is 19.4 Å². The monoisotopic (exact) mass is 270 g/mol. The van der Waals surface area contributed by atoms with Gasteiger partial charge in [-0.15, -0.1) is 0 Å². The minimum atomic E-state index is -0.339. The van der Waals surface area contributed by atoms with Gasteiger partial charge in [-0.3, -0.25) is 0 Å². The third-order valence-electron chi connectivity index (χ3n) is 2.90. The van der Waals surface area contributed by atoms with E-state index in [2.05, 4.69) is 6.07 Å². The third kappa shape index (κ3) is 3.34. The predicted octanol–water partition coefficient (Wildman–Crippen LogP) is 3.70. The lowest BCUT2D eigenvalue weighted by Gasteiger charge is -2.14. The van der Waals surface area contributed by atoms with Crippen LogP contribution in [0.2, 0.25) is 0 Å². The van der Waals surface area contributed by atoms with Gasteiger partial charge in [-0.05, 0) is 42.8 Å². The molecule has 0 bridgehead atoms. The Morgan fingerprint density at radius 1 is 1.25 bits per heavy atom. The Hall–Kier alpha value is -2.38. The van der Waals surface area contributed by atoms with Crippen molar-refractivity contribution >= 4 is 0 Å². The van der Waals surface area contributed by atoms with Gasteiger partial charge in [0.05, 0.1) is 12.5 Å². The van der Waals surface area contributed by atoms with Gasteiger partial charge in [0.15, 0.2) is 0 Å². The number of nitrogens with zero attached hydrogens (tertiary/aromatic N) is 1. The second kappa shape index (κ2) is 6.18. The molecule has 0 unspecified atom stereocenters. The Labute approximate surface area is 117 Å². The van der Waals surface area contributed by atoms with Crippen LogP contribution in [0.25, 0.3) is 0 Å². The zero-order chi connectivity index (χ0) is 14.5. The second-order valence-corrected chi connectivity index (χ2v) is 4.55. The molecule has 2 aromatic carbocycles. The molecule has 20 heavy (non-hydrogen) atoms. The van der Waals surface area contributed by atoms with E-state index in [0.717, 1.165) is 5.56 Å². The molecule has 0 aliphatic heterocycles. The molecule has 102 valence electrons. The first-order chi connectivity index (χ1) is 9.60. The van der Waals surface area contributed by atoms with E-state index in [0.29, 0.717) is 23.5 Å². The molecule has 2 aromatic rings. The van der Waals surface area contributed by atoms with Gasteiger partial charge < -0.3 is 10.5 Å². The van der Waals surface area contributed by atoms with Crippen molar-refractivity contribution in [1.29, 1.82) is 5.26 Å². The lowest BCUT2D eigenvalue weighted by atomic mass is 10.1. The molecular weight excluding hydrogens is 255 g/mol. The van der Waals surface area contributed by atoms with Crippen LogP contribution in [0, 0.1) is 17.1 Å². The van der Waals surface area contributed by atoms with Crippen molar-refractivity contribution in [2.24, 2.45) is 5.73 Å². The van der Waals surface area contributed by atoms with Gasteiger partial charge >= 0.3 is 0 Å². The maximum atomic E-state index is 13.2.